The zero-order chi connectivity index (χ0) is 35.5. The van der Waals surface area contributed by atoms with E-state index >= 15 is 0 Å². The zero-order valence-electron chi connectivity index (χ0n) is 27.5. The van der Waals surface area contributed by atoms with E-state index < -0.39 is 34.8 Å². The third kappa shape index (κ3) is 6.15. The number of nitrogens with two attached hydrogens (primary N) is 1. The number of hydrogen-bond donors (Lipinski definition) is 1. The van der Waals surface area contributed by atoms with E-state index in [1.165, 1.54) is 4.90 Å². The lowest BCUT2D eigenvalue weighted by Gasteiger charge is -2.33. The largest absolute Gasteiger partial charge is 0.461 e. The molecule has 4 aliphatic rings. The van der Waals surface area contributed by atoms with Gasteiger partial charge in [0.25, 0.3) is 5.91 Å². The highest BCUT2D eigenvalue weighted by Gasteiger charge is 2.47. The molecule has 1 amide bonds. The number of anilines is 2. The molecular weight excluding hydrogens is 687 g/mol. The maximum Gasteiger partial charge on any atom is 0.419 e. The van der Waals surface area contributed by atoms with Crippen molar-refractivity contribution < 1.29 is 36.2 Å². The molecule has 268 valence electrons. The second-order valence-corrected chi connectivity index (χ2v) is 13.9. The molecule has 11 nitrogen and oxygen atoms in total. The maximum absolute atomic E-state index is 14.7. The SMILES string of the molecule is CN(C)C(=O)c1nn2c(c1Cl)CN(c1nc(OC[C@@]34CCCN3C/C(=C\F)C4)nc3c1COC(c1cc(N)cc(F)c1C(F)(F)F)C3)CCC2. The molecule has 0 spiro atoms. The maximum atomic E-state index is 14.7. The Hall–Kier alpha value is -4.02. The van der Waals surface area contributed by atoms with Crippen LogP contribution < -0.4 is 15.4 Å². The number of nitrogen functional groups attached to an aromatic ring is 1. The first-order valence-corrected chi connectivity index (χ1v) is 16.7. The number of carbonyl (C=O) groups excluding carboxylic acids is 1. The molecule has 0 radical (unpaired) electrons. The van der Waals surface area contributed by atoms with Crippen LogP contribution in [-0.2, 0) is 37.0 Å². The molecule has 1 unspecified atom stereocenters. The molecule has 17 heteroatoms. The molecule has 3 aromatic rings. The van der Waals surface area contributed by atoms with E-state index in [1.54, 1.807) is 18.8 Å². The van der Waals surface area contributed by atoms with Crippen LogP contribution in [0, 0.1) is 5.82 Å². The number of aromatic nitrogens is 4. The third-order valence-electron chi connectivity index (χ3n) is 9.99. The van der Waals surface area contributed by atoms with Gasteiger partial charge in [-0.1, -0.05) is 11.6 Å². The second kappa shape index (κ2) is 12.9. The Kier molecular flexibility index (Phi) is 8.91. The van der Waals surface area contributed by atoms with Crippen LogP contribution in [0.15, 0.2) is 24.0 Å². The summed E-state index contributed by atoms with van der Waals surface area (Å²) in [4.78, 5) is 27.8. The van der Waals surface area contributed by atoms with Gasteiger partial charge in [0, 0.05) is 51.4 Å². The number of amides is 1. The monoisotopic (exact) mass is 722 g/mol. The van der Waals surface area contributed by atoms with E-state index in [0.29, 0.717) is 73.2 Å². The number of benzene rings is 1. The minimum Gasteiger partial charge on any atom is -0.461 e. The average Bonchev–Trinajstić information content (AvgIpc) is 3.65. The molecule has 7 rings (SSSR count). The van der Waals surface area contributed by atoms with Gasteiger partial charge in [0.05, 0.1) is 53.1 Å². The van der Waals surface area contributed by atoms with Gasteiger partial charge < -0.3 is 25.0 Å². The number of rotatable bonds is 6. The lowest BCUT2D eigenvalue weighted by molar-refractivity contribution is -0.142. The van der Waals surface area contributed by atoms with Crippen LogP contribution in [0.1, 0.15) is 70.4 Å². The van der Waals surface area contributed by atoms with Crippen molar-refractivity contribution in [3.8, 4) is 6.01 Å². The quantitative estimate of drug-likeness (QED) is 0.262. The lowest BCUT2D eigenvalue weighted by Crippen LogP contribution is -2.43. The standard InChI is InChI=1S/C33H36ClF5N8O3/c1-44(2)30(48)28-27(34)24-15-45(6-4-8-47(24)43-28)29-21-16-49-25(20-9-19(40)10-22(36)26(20)33(37,38)39)11-23(21)41-31(42-29)50-17-32-5-3-7-46(32)14-18(12-32)13-35/h9-10,13,25H,3-8,11-12,14-17,40H2,1-2H3/b18-13-/t25?,32-/m0/s1. The van der Waals surface area contributed by atoms with Crippen LogP contribution in [-0.4, -0.2) is 81.3 Å². The molecule has 1 aromatic carbocycles. The second-order valence-electron chi connectivity index (χ2n) is 13.5. The van der Waals surface area contributed by atoms with Crippen LogP contribution in [0.5, 0.6) is 6.01 Å². The Morgan fingerprint density at radius 1 is 1.20 bits per heavy atom. The molecule has 50 heavy (non-hydrogen) atoms. The van der Waals surface area contributed by atoms with E-state index in [9.17, 15) is 26.7 Å². The van der Waals surface area contributed by atoms with Gasteiger partial charge in [0.1, 0.15) is 18.2 Å². The summed E-state index contributed by atoms with van der Waals surface area (Å²) in [6.45, 7) is 2.48. The van der Waals surface area contributed by atoms with Crippen molar-refractivity contribution in [2.24, 2.45) is 0 Å². The summed E-state index contributed by atoms with van der Waals surface area (Å²) >= 11 is 6.73. The van der Waals surface area contributed by atoms with Gasteiger partial charge in [-0.05, 0) is 55.5 Å². The summed E-state index contributed by atoms with van der Waals surface area (Å²) < 4.78 is 84.6. The zero-order valence-corrected chi connectivity index (χ0v) is 28.3. The Bertz CT molecular complexity index is 1870. The highest BCUT2D eigenvalue weighted by atomic mass is 35.5. The molecule has 0 bridgehead atoms. The Balaban J connectivity index is 1.27. The van der Waals surface area contributed by atoms with Gasteiger partial charge in [0.2, 0.25) is 0 Å². The van der Waals surface area contributed by atoms with E-state index in [-0.39, 0.29) is 54.5 Å². The van der Waals surface area contributed by atoms with E-state index in [4.69, 9.17) is 31.8 Å². The molecule has 2 aromatic heterocycles. The molecule has 0 aliphatic carbocycles. The van der Waals surface area contributed by atoms with Gasteiger partial charge in [-0.15, -0.1) is 0 Å². The summed E-state index contributed by atoms with van der Waals surface area (Å²) in [5, 5.41) is 4.70. The normalized spacial score (nSPS) is 23.1. The minimum absolute atomic E-state index is 0.000398. The third-order valence-corrected chi connectivity index (χ3v) is 10.4. The van der Waals surface area contributed by atoms with Gasteiger partial charge in [0.15, 0.2) is 5.69 Å². The molecule has 0 saturated carbocycles. The first-order valence-electron chi connectivity index (χ1n) is 16.3. The molecule has 2 fully saturated rings. The number of aryl methyl sites for hydroxylation is 1. The molecule has 2 N–H and O–H groups in total. The predicted octanol–water partition coefficient (Wildman–Crippen LogP) is 5.46. The van der Waals surface area contributed by atoms with Crippen molar-refractivity contribution in [2.45, 2.75) is 69.6 Å². The Morgan fingerprint density at radius 2 is 2.00 bits per heavy atom. The van der Waals surface area contributed by atoms with Gasteiger partial charge in [-0.2, -0.15) is 28.2 Å². The minimum atomic E-state index is -5.00. The fourth-order valence-corrected chi connectivity index (χ4v) is 7.90. The fourth-order valence-electron chi connectivity index (χ4n) is 7.62. The van der Waals surface area contributed by atoms with Crippen molar-refractivity contribution in [1.82, 2.24) is 29.5 Å². The van der Waals surface area contributed by atoms with Gasteiger partial charge >= 0.3 is 12.2 Å². The first-order chi connectivity index (χ1) is 23.8. The summed E-state index contributed by atoms with van der Waals surface area (Å²) in [6, 6.07) is 1.72. The van der Waals surface area contributed by atoms with Gasteiger partial charge in [-0.25, -0.2) is 8.78 Å². The number of carbonyl (C=O) groups is 1. The topological polar surface area (TPSA) is 115 Å². The molecule has 6 heterocycles. The Labute approximate surface area is 289 Å². The smallest absolute Gasteiger partial charge is 0.419 e. The summed E-state index contributed by atoms with van der Waals surface area (Å²) in [5.74, 6) is -1.40. The van der Waals surface area contributed by atoms with Crippen LogP contribution in [0.3, 0.4) is 0 Å². The molecule has 2 atom stereocenters. The molecular formula is C33H36ClF5N8O3. The number of nitrogens with zero attached hydrogens (tertiary/aromatic N) is 7. The number of ether oxygens (including phenoxy) is 2. The molecule has 2 saturated heterocycles. The van der Waals surface area contributed by atoms with E-state index in [1.807, 2.05) is 4.90 Å². The van der Waals surface area contributed by atoms with Crippen molar-refractivity contribution in [2.75, 3.05) is 51.0 Å². The van der Waals surface area contributed by atoms with Crippen LogP contribution in [0.2, 0.25) is 5.02 Å². The Morgan fingerprint density at radius 3 is 2.74 bits per heavy atom. The van der Waals surface area contributed by atoms with Crippen molar-refractivity contribution >= 4 is 29.0 Å². The van der Waals surface area contributed by atoms with Crippen molar-refractivity contribution in [3.05, 3.63) is 68.6 Å². The van der Waals surface area contributed by atoms with E-state index in [0.717, 1.165) is 25.5 Å². The van der Waals surface area contributed by atoms with Crippen LogP contribution in [0.4, 0.5) is 33.5 Å². The van der Waals surface area contributed by atoms with E-state index in [2.05, 4.69) is 15.0 Å². The van der Waals surface area contributed by atoms with Crippen LogP contribution in [0.25, 0.3) is 0 Å². The number of halogens is 6. The highest BCUT2D eigenvalue weighted by Crippen LogP contribution is 2.44. The molecule has 4 aliphatic heterocycles. The summed E-state index contributed by atoms with van der Waals surface area (Å²) in [7, 11) is 3.22. The highest BCUT2D eigenvalue weighted by molar-refractivity contribution is 6.34. The lowest BCUT2D eigenvalue weighted by atomic mass is 9.94. The average molecular weight is 723 g/mol. The number of alkyl halides is 3. The number of hydrogen-bond acceptors (Lipinski definition) is 9. The fraction of sp³-hybridized carbons (Fsp3) is 0.515. The predicted molar refractivity (Wildman–Crippen MR) is 173 cm³/mol. The summed E-state index contributed by atoms with van der Waals surface area (Å²) in [6.07, 6.45) is -2.89. The van der Waals surface area contributed by atoms with Gasteiger partial charge in [-0.3, -0.25) is 14.4 Å². The first kappa shape index (κ1) is 34.4. The number of fused-ring (bicyclic) bond motifs is 3. The van der Waals surface area contributed by atoms with Crippen molar-refractivity contribution in [3.63, 3.8) is 0 Å². The van der Waals surface area contributed by atoms with Crippen molar-refractivity contribution in [1.29, 1.82) is 0 Å². The summed E-state index contributed by atoms with van der Waals surface area (Å²) in [5.41, 5.74) is 5.64. The van der Waals surface area contributed by atoms with Crippen LogP contribution >= 0.6 is 11.6 Å².